The molecule has 1 aromatic carbocycles. The van der Waals surface area contributed by atoms with E-state index in [1.807, 2.05) is 0 Å². The molecule has 3 saturated heterocycles. The molecule has 14 heteroatoms. The highest BCUT2D eigenvalue weighted by atomic mass is 32.2. The third-order valence-corrected chi connectivity index (χ3v) is 9.15. The Morgan fingerprint density at radius 1 is 1.05 bits per heavy atom. The summed E-state index contributed by atoms with van der Waals surface area (Å²) in [5.41, 5.74) is -0.148. The monoisotopic (exact) mass is 551 g/mol. The predicted molar refractivity (Wildman–Crippen MR) is 135 cm³/mol. The Labute approximate surface area is 217 Å². The minimum absolute atomic E-state index is 0.0925. The summed E-state index contributed by atoms with van der Waals surface area (Å²) in [5.74, 6) is 1.15. The molecule has 1 N–H and O–H groups in total. The maximum Gasteiger partial charge on any atom is 0.416 e. The predicted octanol–water partition coefficient (Wildman–Crippen LogP) is 2.34. The highest BCUT2D eigenvalue weighted by Gasteiger charge is 2.36. The molecule has 0 spiro atoms. The van der Waals surface area contributed by atoms with Gasteiger partial charge >= 0.3 is 6.18 Å². The molecule has 2 aromatic heterocycles. The Bertz CT molecular complexity index is 1420. The second-order valence-electron chi connectivity index (χ2n) is 9.99. The zero-order valence-electron chi connectivity index (χ0n) is 20.6. The van der Waals surface area contributed by atoms with E-state index in [9.17, 15) is 21.6 Å². The summed E-state index contributed by atoms with van der Waals surface area (Å²) in [6, 6.07) is 5.21. The van der Waals surface area contributed by atoms with Crippen molar-refractivity contribution in [2.75, 3.05) is 61.1 Å². The van der Waals surface area contributed by atoms with Crippen molar-refractivity contribution in [3.63, 3.8) is 0 Å². The van der Waals surface area contributed by atoms with E-state index < -0.39 is 21.6 Å². The van der Waals surface area contributed by atoms with Crippen LogP contribution in [0.2, 0.25) is 0 Å². The second-order valence-corrected chi connectivity index (χ2v) is 12.3. The van der Waals surface area contributed by atoms with E-state index in [4.69, 9.17) is 9.72 Å². The van der Waals surface area contributed by atoms with Crippen LogP contribution in [-0.2, 0) is 20.8 Å². The Morgan fingerprint density at radius 2 is 1.79 bits per heavy atom. The van der Waals surface area contributed by atoms with Gasteiger partial charge in [-0.25, -0.2) is 13.1 Å². The third-order valence-electron chi connectivity index (χ3n) is 7.44. The zero-order chi connectivity index (χ0) is 26.5. The summed E-state index contributed by atoms with van der Waals surface area (Å²) in [4.78, 5) is 13.9. The summed E-state index contributed by atoms with van der Waals surface area (Å²) < 4.78 is 70.8. The molecular formula is C24H28F3N7O3S. The number of nitrogens with zero attached hydrogens (tertiary/aromatic N) is 6. The van der Waals surface area contributed by atoms with Crippen LogP contribution < -0.4 is 10.2 Å². The Hall–Kier alpha value is -2.97. The molecule has 0 radical (unpaired) electrons. The number of ether oxygens (including phenoxy) is 1. The number of morpholine rings is 1. The fraction of sp³-hybridized carbons (Fsp3) is 0.542. The van der Waals surface area contributed by atoms with Crippen molar-refractivity contribution in [2.24, 2.45) is 0 Å². The first kappa shape index (κ1) is 25.3. The van der Waals surface area contributed by atoms with E-state index in [1.54, 1.807) is 12.3 Å². The molecule has 0 bridgehead atoms. The maximum atomic E-state index is 13.4. The number of anilines is 2. The SMILES string of the molecule is O=S1(=O)CCC(Nc2nc(N3CC(N4CCOCC4)C3)c3cnn(-c4cccc(C(F)(F)F)c4)c3n2)CC1. The fourth-order valence-corrected chi connectivity index (χ4v) is 6.71. The van der Waals surface area contributed by atoms with Gasteiger partial charge in [0.05, 0.1) is 47.6 Å². The molecule has 3 fully saturated rings. The van der Waals surface area contributed by atoms with Gasteiger partial charge in [0.1, 0.15) is 15.7 Å². The van der Waals surface area contributed by atoms with Crippen LogP contribution in [0.5, 0.6) is 0 Å². The van der Waals surface area contributed by atoms with Crippen LogP contribution in [0.15, 0.2) is 30.5 Å². The summed E-state index contributed by atoms with van der Waals surface area (Å²) in [6.07, 6.45) is -2.02. The molecule has 3 aliphatic heterocycles. The van der Waals surface area contributed by atoms with E-state index >= 15 is 0 Å². The van der Waals surface area contributed by atoms with Crippen LogP contribution in [0.25, 0.3) is 16.7 Å². The summed E-state index contributed by atoms with van der Waals surface area (Å²) >= 11 is 0. The van der Waals surface area contributed by atoms with Crippen molar-refractivity contribution in [1.82, 2.24) is 24.6 Å². The number of halogens is 3. The third kappa shape index (κ3) is 5.04. The van der Waals surface area contributed by atoms with E-state index in [1.165, 1.54) is 10.7 Å². The molecule has 3 aromatic rings. The van der Waals surface area contributed by atoms with Gasteiger partial charge in [-0.2, -0.15) is 28.2 Å². The molecular weight excluding hydrogens is 523 g/mol. The molecule has 5 heterocycles. The highest BCUT2D eigenvalue weighted by Crippen LogP contribution is 2.34. The van der Waals surface area contributed by atoms with E-state index in [2.05, 4.69) is 25.2 Å². The minimum Gasteiger partial charge on any atom is -0.379 e. The molecule has 0 amide bonds. The van der Waals surface area contributed by atoms with Gasteiger partial charge in [0, 0.05) is 38.3 Å². The summed E-state index contributed by atoms with van der Waals surface area (Å²) in [5, 5.41) is 8.30. The number of hydrogen-bond acceptors (Lipinski definition) is 9. The first-order chi connectivity index (χ1) is 18.2. The number of aromatic nitrogens is 4. The second kappa shape index (κ2) is 9.65. The smallest absolute Gasteiger partial charge is 0.379 e. The lowest BCUT2D eigenvalue weighted by Gasteiger charge is -2.47. The summed E-state index contributed by atoms with van der Waals surface area (Å²) in [7, 11) is -3.03. The van der Waals surface area contributed by atoms with Crippen molar-refractivity contribution in [1.29, 1.82) is 0 Å². The maximum absolute atomic E-state index is 13.4. The average Bonchev–Trinajstić information content (AvgIpc) is 3.29. The topological polar surface area (TPSA) is 105 Å². The van der Waals surface area contributed by atoms with Crippen molar-refractivity contribution in [3.8, 4) is 5.69 Å². The van der Waals surface area contributed by atoms with Gasteiger partial charge in [-0.15, -0.1) is 0 Å². The Balaban J connectivity index is 1.34. The number of alkyl halides is 3. The number of benzene rings is 1. The highest BCUT2D eigenvalue weighted by molar-refractivity contribution is 7.91. The molecule has 3 aliphatic rings. The first-order valence-corrected chi connectivity index (χ1v) is 14.5. The van der Waals surface area contributed by atoms with Crippen molar-refractivity contribution in [2.45, 2.75) is 31.1 Å². The van der Waals surface area contributed by atoms with Gasteiger partial charge in [0.2, 0.25) is 5.95 Å². The summed E-state index contributed by atoms with van der Waals surface area (Å²) in [6.45, 7) is 4.68. The number of sulfone groups is 1. The molecule has 0 saturated carbocycles. The number of fused-ring (bicyclic) bond motifs is 1. The van der Waals surface area contributed by atoms with Crippen LogP contribution in [0, 0.1) is 0 Å². The number of nitrogens with one attached hydrogen (secondary N) is 1. The largest absolute Gasteiger partial charge is 0.416 e. The number of rotatable bonds is 5. The van der Waals surface area contributed by atoms with Crippen LogP contribution in [0.3, 0.4) is 0 Å². The number of hydrogen-bond donors (Lipinski definition) is 1. The van der Waals surface area contributed by atoms with Crippen LogP contribution >= 0.6 is 0 Å². The van der Waals surface area contributed by atoms with E-state index in [0.717, 1.165) is 38.3 Å². The molecule has 0 atom stereocenters. The standard InChI is InChI=1S/C24H28F3N7O3S/c25-24(26,27)16-2-1-3-18(12-16)34-22-20(13-28-34)21(33-14-19(15-33)32-6-8-37-9-7-32)30-23(31-22)29-17-4-10-38(35,36)11-5-17/h1-3,12-13,17,19H,4-11,14-15H2,(H,29,30,31). The van der Waals surface area contributed by atoms with Gasteiger partial charge in [-0.3, -0.25) is 4.90 Å². The molecule has 204 valence electrons. The fourth-order valence-electron chi connectivity index (χ4n) is 5.22. The average molecular weight is 552 g/mol. The van der Waals surface area contributed by atoms with Crippen LogP contribution in [-0.4, -0.2) is 96.0 Å². The molecule has 10 nitrogen and oxygen atoms in total. The van der Waals surface area contributed by atoms with Crippen molar-refractivity contribution >= 4 is 32.6 Å². The first-order valence-electron chi connectivity index (χ1n) is 12.6. The van der Waals surface area contributed by atoms with E-state index in [-0.39, 0.29) is 23.2 Å². The van der Waals surface area contributed by atoms with Gasteiger partial charge in [0.25, 0.3) is 0 Å². The van der Waals surface area contributed by atoms with Crippen molar-refractivity contribution in [3.05, 3.63) is 36.0 Å². The zero-order valence-corrected chi connectivity index (χ0v) is 21.4. The molecule has 0 unspecified atom stereocenters. The molecule has 0 aliphatic carbocycles. The Morgan fingerprint density at radius 3 is 2.50 bits per heavy atom. The quantitative estimate of drug-likeness (QED) is 0.512. The van der Waals surface area contributed by atoms with Gasteiger partial charge in [-0.1, -0.05) is 6.07 Å². The van der Waals surface area contributed by atoms with Gasteiger partial charge < -0.3 is 15.0 Å². The Kier molecular flexibility index (Phi) is 6.43. The lowest BCUT2D eigenvalue weighted by atomic mass is 10.1. The van der Waals surface area contributed by atoms with Gasteiger partial charge in [-0.05, 0) is 31.0 Å². The van der Waals surface area contributed by atoms with Crippen molar-refractivity contribution < 1.29 is 26.3 Å². The van der Waals surface area contributed by atoms with Crippen LogP contribution in [0.1, 0.15) is 18.4 Å². The lowest BCUT2D eigenvalue weighted by Crippen LogP contribution is -2.61. The normalized spacial score (nSPS) is 21.5. The minimum atomic E-state index is -4.49. The lowest BCUT2D eigenvalue weighted by molar-refractivity contribution is -0.137. The van der Waals surface area contributed by atoms with Gasteiger partial charge in [0.15, 0.2) is 5.65 Å². The van der Waals surface area contributed by atoms with E-state index in [0.29, 0.717) is 54.9 Å². The van der Waals surface area contributed by atoms with Crippen LogP contribution in [0.4, 0.5) is 24.9 Å². The molecule has 38 heavy (non-hydrogen) atoms. The molecule has 6 rings (SSSR count).